The molecule has 1 saturated carbocycles. The molecular weight excluding hydrogens is 374 g/mol. The summed E-state index contributed by atoms with van der Waals surface area (Å²) in [7, 11) is 1.64. The van der Waals surface area contributed by atoms with E-state index in [1.165, 1.54) is 11.3 Å². The van der Waals surface area contributed by atoms with Crippen LogP contribution in [0.1, 0.15) is 12.8 Å². The number of amides is 1. The lowest BCUT2D eigenvalue weighted by molar-refractivity contribution is -0.117. The average Bonchev–Trinajstić information content (AvgIpc) is 3.49. The number of carbonyl (C=O) groups excluding carboxylic acids is 1. The molecule has 28 heavy (non-hydrogen) atoms. The van der Waals surface area contributed by atoms with Crippen molar-refractivity contribution in [3.63, 3.8) is 0 Å². The largest absolute Gasteiger partial charge is 0.475 e. The Kier molecular flexibility index (Phi) is 5.64. The summed E-state index contributed by atoms with van der Waals surface area (Å²) in [6, 6.07) is 12.0. The van der Waals surface area contributed by atoms with Gasteiger partial charge in [0.25, 0.3) is 0 Å². The van der Waals surface area contributed by atoms with Crippen LogP contribution in [0.3, 0.4) is 0 Å². The molecule has 2 heterocycles. The Morgan fingerprint density at radius 1 is 1.11 bits per heavy atom. The average molecular weight is 395 g/mol. The van der Waals surface area contributed by atoms with Crippen molar-refractivity contribution >= 4 is 22.4 Å². The van der Waals surface area contributed by atoms with Gasteiger partial charge in [-0.3, -0.25) is 4.79 Å². The van der Waals surface area contributed by atoms with Crippen LogP contribution in [0.15, 0.2) is 48.0 Å². The molecule has 7 heteroatoms. The third-order valence-electron chi connectivity index (χ3n) is 4.47. The number of hydrogen-bond donors (Lipinski definition) is 1. The van der Waals surface area contributed by atoms with Crippen LogP contribution in [0.5, 0.6) is 5.88 Å². The van der Waals surface area contributed by atoms with Crippen molar-refractivity contribution in [2.24, 2.45) is 5.92 Å². The zero-order valence-electron chi connectivity index (χ0n) is 15.6. The molecule has 0 aliphatic heterocycles. The van der Waals surface area contributed by atoms with Crippen molar-refractivity contribution in [2.75, 3.05) is 25.6 Å². The Balaban J connectivity index is 1.41. The van der Waals surface area contributed by atoms with E-state index in [4.69, 9.17) is 9.47 Å². The smallest absolute Gasteiger partial charge is 0.229 e. The first-order chi connectivity index (χ1) is 13.7. The van der Waals surface area contributed by atoms with Crippen molar-refractivity contribution in [1.82, 2.24) is 9.97 Å². The van der Waals surface area contributed by atoms with Crippen molar-refractivity contribution < 1.29 is 14.3 Å². The van der Waals surface area contributed by atoms with E-state index in [1.54, 1.807) is 13.3 Å². The number of hydrogen-bond acceptors (Lipinski definition) is 6. The number of aromatic nitrogens is 2. The Bertz CT molecular complexity index is 934. The first-order valence-corrected chi connectivity index (χ1v) is 10.1. The number of nitrogens with one attached hydrogen (secondary N) is 1. The molecule has 2 aromatic heterocycles. The van der Waals surface area contributed by atoms with Gasteiger partial charge in [-0.1, -0.05) is 24.3 Å². The first kappa shape index (κ1) is 18.6. The highest BCUT2D eigenvalue weighted by Crippen LogP contribution is 2.32. The van der Waals surface area contributed by atoms with Gasteiger partial charge in [-0.05, 0) is 24.5 Å². The number of anilines is 1. The quantitative estimate of drug-likeness (QED) is 0.578. The van der Waals surface area contributed by atoms with Crippen LogP contribution in [-0.4, -0.2) is 36.2 Å². The maximum absolute atomic E-state index is 11.9. The van der Waals surface area contributed by atoms with Gasteiger partial charge < -0.3 is 14.8 Å². The summed E-state index contributed by atoms with van der Waals surface area (Å²) < 4.78 is 10.4. The van der Waals surface area contributed by atoms with Crippen LogP contribution in [0.25, 0.3) is 22.4 Å². The van der Waals surface area contributed by atoms with Crippen LogP contribution in [0, 0.1) is 5.92 Å². The number of rotatable bonds is 8. The molecular formula is C21H21N3O3S. The van der Waals surface area contributed by atoms with Gasteiger partial charge in [0.2, 0.25) is 11.8 Å². The zero-order chi connectivity index (χ0) is 19.3. The summed E-state index contributed by atoms with van der Waals surface area (Å²) >= 11 is 1.45. The molecule has 0 spiro atoms. The Labute approximate surface area is 167 Å². The van der Waals surface area contributed by atoms with E-state index < -0.39 is 0 Å². The zero-order valence-corrected chi connectivity index (χ0v) is 16.4. The molecule has 1 aliphatic rings. The fourth-order valence-electron chi connectivity index (χ4n) is 2.72. The van der Waals surface area contributed by atoms with E-state index in [0.717, 1.165) is 35.2 Å². The maximum atomic E-state index is 11.9. The molecule has 0 atom stereocenters. The van der Waals surface area contributed by atoms with Gasteiger partial charge in [-0.15, -0.1) is 11.3 Å². The second-order valence-corrected chi connectivity index (χ2v) is 7.46. The molecule has 4 rings (SSSR count). The fraction of sp³-hybridized carbons (Fsp3) is 0.286. The number of thiazole rings is 1. The van der Waals surface area contributed by atoms with Gasteiger partial charge in [-0.25, -0.2) is 9.97 Å². The predicted octanol–water partition coefficient (Wildman–Crippen LogP) is 4.25. The molecule has 0 saturated heterocycles. The van der Waals surface area contributed by atoms with E-state index in [1.807, 2.05) is 41.8 Å². The van der Waals surface area contributed by atoms with Crippen LogP contribution >= 0.6 is 11.3 Å². The van der Waals surface area contributed by atoms with E-state index in [2.05, 4.69) is 15.3 Å². The SMILES string of the molecule is COCCOc1ccc(-c2ccc(-c3csc(NC(=O)C4CC4)n3)cc2)cn1. The summed E-state index contributed by atoms with van der Waals surface area (Å²) in [5.74, 6) is 0.844. The summed E-state index contributed by atoms with van der Waals surface area (Å²) in [6.07, 6.45) is 3.77. The predicted molar refractivity (Wildman–Crippen MR) is 110 cm³/mol. The lowest BCUT2D eigenvalue weighted by Gasteiger charge is -2.06. The summed E-state index contributed by atoms with van der Waals surface area (Å²) in [4.78, 5) is 20.7. The minimum absolute atomic E-state index is 0.0818. The van der Waals surface area contributed by atoms with E-state index >= 15 is 0 Å². The Morgan fingerprint density at radius 2 is 1.86 bits per heavy atom. The van der Waals surface area contributed by atoms with Gasteiger partial charge in [0.15, 0.2) is 5.13 Å². The minimum atomic E-state index is 0.0818. The van der Waals surface area contributed by atoms with Crippen LogP contribution < -0.4 is 10.1 Å². The molecule has 0 unspecified atom stereocenters. The monoisotopic (exact) mass is 395 g/mol. The summed E-state index contributed by atoms with van der Waals surface area (Å²) in [6.45, 7) is 1.02. The van der Waals surface area contributed by atoms with Crippen LogP contribution in [0.4, 0.5) is 5.13 Å². The Morgan fingerprint density at radius 3 is 2.54 bits per heavy atom. The van der Waals surface area contributed by atoms with E-state index in [9.17, 15) is 4.79 Å². The van der Waals surface area contributed by atoms with Gasteiger partial charge >= 0.3 is 0 Å². The molecule has 144 valence electrons. The number of methoxy groups -OCH3 is 1. The maximum Gasteiger partial charge on any atom is 0.229 e. The van der Waals surface area contributed by atoms with Crippen LogP contribution in [-0.2, 0) is 9.53 Å². The number of benzene rings is 1. The van der Waals surface area contributed by atoms with E-state index in [-0.39, 0.29) is 11.8 Å². The second kappa shape index (κ2) is 8.50. The standard InChI is InChI=1S/C21H21N3O3S/c1-26-10-11-27-19-9-8-17(12-22-19)14-2-4-15(5-3-14)18-13-28-21(23-18)24-20(25)16-6-7-16/h2-5,8-9,12-13,16H,6-7,10-11H2,1H3,(H,23,24,25). The number of nitrogens with zero attached hydrogens (tertiary/aromatic N) is 2. The number of carbonyl (C=O) groups is 1. The fourth-order valence-corrected chi connectivity index (χ4v) is 3.44. The van der Waals surface area contributed by atoms with Gasteiger partial charge in [0.1, 0.15) is 6.61 Å². The summed E-state index contributed by atoms with van der Waals surface area (Å²) in [5, 5.41) is 5.52. The number of ether oxygens (including phenoxy) is 2. The molecule has 6 nitrogen and oxygen atoms in total. The first-order valence-electron chi connectivity index (χ1n) is 9.18. The molecule has 1 N–H and O–H groups in total. The second-order valence-electron chi connectivity index (χ2n) is 6.61. The highest BCUT2D eigenvalue weighted by atomic mass is 32.1. The Hall–Kier alpha value is -2.77. The van der Waals surface area contributed by atoms with Crippen molar-refractivity contribution in [3.8, 4) is 28.3 Å². The van der Waals surface area contributed by atoms with Gasteiger partial charge in [0.05, 0.1) is 12.3 Å². The van der Waals surface area contributed by atoms with Gasteiger partial charge in [0, 0.05) is 41.8 Å². The molecule has 1 aromatic carbocycles. The highest BCUT2D eigenvalue weighted by molar-refractivity contribution is 7.14. The minimum Gasteiger partial charge on any atom is -0.475 e. The topological polar surface area (TPSA) is 73.3 Å². The molecule has 1 amide bonds. The molecule has 3 aromatic rings. The van der Waals surface area contributed by atoms with Gasteiger partial charge in [-0.2, -0.15) is 0 Å². The lowest BCUT2D eigenvalue weighted by Crippen LogP contribution is -2.12. The normalized spacial score (nSPS) is 13.3. The highest BCUT2D eigenvalue weighted by Gasteiger charge is 2.30. The molecule has 1 fully saturated rings. The number of pyridine rings is 1. The summed E-state index contributed by atoms with van der Waals surface area (Å²) in [5.41, 5.74) is 3.96. The molecule has 1 aliphatic carbocycles. The van der Waals surface area contributed by atoms with Crippen molar-refractivity contribution in [2.45, 2.75) is 12.8 Å². The van der Waals surface area contributed by atoms with E-state index in [0.29, 0.717) is 24.2 Å². The molecule has 0 bridgehead atoms. The van der Waals surface area contributed by atoms with Crippen molar-refractivity contribution in [3.05, 3.63) is 48.0 Å². The van der Waals surface area contributed by atoms with Crippen molar-refractivity contribution in [1.29, 1.82) is 0 Å². The third-order valence-corrected chi connectivity index (χ3v) is 5.23. The third kappa shape index (κ3) is 4.55. The lowest BCUT2D eigenvalue weighted by atomic mass is 10.0. The molecule has 0 radical (unpaired) electrons. The van der Waals surface area contributed by atoms with Crippen LogP contribution in [0.2, 0.25) is 0 Å².